The lowest BCUT2D eigenvalue weighted by Crippen LogP contribution is -2.29. The molecule has 0 N–H and O–H groups in total. The summed E-state index contributed by atoms with van der Waals surface area (Å²) in [4.78, 5) is 25.8. The van der Waals surface area contributed by atoms with Crippen molar-refractivity contribution in [2.24, 2.45) is 0 Å². The van der Waals surface area contributed by atoms with E-state index in [4.69, 9.17) is 9.47 Å². The molecule has 0 atom stereocenters. The highest BCUT2D eigenvalue weighted by Crippen LogP contribution is 2.36. The summed E-state index contributed by atoms with van der Waals surface area (Å²) >= 11 is 0.987. The number of carbonyl (C=O) groups is 2. The van der Waals surface area contributed by atoms with Gasteiger partial charge in [0.25, 0.3) is 11.1 Å². The number of ether oxygens (including phenoxy) is 2. The predicted molar refractivity (Wildman–Crippen MR) is 80.2 cm³/mol. The van der Waals surface area contributed by atoms with E-state index in [1.165, 1.54) is 4.90 Å². The zero-order valence-corrected chi connectivity index (χ0v) is 12.4. The first-order valence-electron chi connectivity index (χ1n) is 6.84. The van der Waals surface area contributed by atoms with Crippen molar-refractivity contribution in [3.05, 3.63) is 28.7 Å². The molecular weight excluding hydrogens is 290 g/mol. The maximum Gasteiger partial charge on any atom is 0.293 e. The Balaban J connectivity index is 1.80. The van der Waals surface area contributed by atoms with E-state index in [1.54, 1.807) is 12.1 Å². The molecule has 3 rings (SSSR count). The lowest BCUT2D eigenvalue weighted by Gasteiger charge is -2.10. The number of hydrogen-bond acceptors (Lipinski definition) is 5. The summed E-state index contributed by atoms with van der Waals surface area (Å²) in [5, 5.41) is -0.194. The average molecular weight is 305 g/mol. The first-order valence-corrected chi connectivity index (χ1v) is 7.65. The third kappa shape index (κ3) is 2.76. The van der Waals surface area contributed by atoms with Gasteiger partial charge in [0, 0.05) is 6.54 Å². The van der Waals surface area contributed by atoms with Gasteiger partial charge in [-0.1, -0.05) is 19.4 Å². The van der Waals surface area contributed by atoms with Crippen LogP contribution in [-0.4, -0.2) is 29.4 Å². The Labute approximate surface area is 126 Å². The second-order valence-corrected chi connectivity index (χ2v) is 5.79. The van der Waals surface area contributed by atoms with Gasteiger partial charge in [0.15, 0.2) is 11.5 Å². The molecule has 2 amide bonds. The molecule has 1 fully saturated rings. The van der Waals surface area contributed by atoms with Gasteiger partial charge in [-0.05, 0) is 42.0 Å². The molecule has 21 heavy (non-hydrogen) atoms. The van der Waals surface area contributed by atoms with Crippen molar-refractivity contribution in [1.29, 1.82) is 0 Å². The minimum atomic E-state index is -0.212. The van der Waals surface area contributed by atoms with Gasteiger partial charge in [-0.2, -0.15) is 0 Å². The second-order valence-electron chi connectivity index (χ2n) is 4.80. The molecule has 0 aromatic heterocycles. The van der Waals surface area contributed by atoms with E-state index in [2.05, 4.69) is 0 Å². The summed E-state index contributed by atoms with van der Waals surface area (Å²) in [7, 11) is 0. The molecule has 1 aromatic carbocycles. The van der Waals surface area contributed by atoms with Crippen LogP contribution in [0.3, 0.4) is 0 Å². The summed E-state index contributed by atoms with van der Waals surface area (Å²) in [6, 6.07) is 5.45. The lowest BCUT2D eigenvalue weighted by atomic mass is 10.2. The molecule has 0 bridgehead atoms. The van der Waals surface area contributed by atoms with Crippen LogP contribution in [0.25, 0.3) is 6.08 Å². The number of imide groups is 1. The van der Waals surface area contributed by atoms with Crippen molar-refractivity contribution in [2.75, 3.05) is 13.3 Å². The smallest absolute Gasteiger partial charge is 0.293 e. The van der Waals surface area contributed by atoms with Gasteiger partial charge < -0.3 is 9.47 Å². The minimum Gasteiger partial charge on any atom is -0.454 e. The topological polar surface area (TPSA) is 55.8 Å². The fourth-order valence-electron chi connectivity index (χ4n) is 2.16. The Morgan fingerprint density at radius 3 is 2.90 bits per heavy atom. The highest BCUT2D eigenvalue weighted by molar-refractivity contribution is 8.18. The highest BCUT2D eigenvalue weighted by atomic mass is 32.2. The Morgan fingerprint density at radius 2 is 2.10 bits per heavy atom. The number of benzene rings is 1. The number of hydrogen-bond donors (Lipinski definition) is 0. The van der Waals surface area contributed by atoms with E-state index in [0.717, 1.165) is 30.2 Å². The van der Waals surface area contributed by atoms with Gasteiger partial charge in [-0.3, -0.25) is 14.5 Å². The van der Waals surface area contributed by atoms with E-state index < -0.39 is 0 Å². The standard InChI is InChI=1S/C15H15NO4S/c1-2-3-6-16-14(17)13(21-15(16)18)8-10-4-5-11-12(7-10)20-9-19-11/h4-5,7-8H,2-3,6,9H2,1H3. The van der Waals surface area contributed by atoms with E-state index >= 15 is 0 Å². The van der Waals surface area contributed by atoms with Gasteiger partial charge in [-0.25, -0.2) is 0 Å². The Hall–Kier alpha value is -1.95. The maximum absolute atomic E-state index is 12.2. The summed E-state index contributed by atoms with van der Waals surface area (Å²) in [5.74, 6) is 1.15. The van der Waals surface area contributed by atoms with Crippen molar-refractivity contribution >= 4 is 29.0 Å². The Bertz CT molecular complexity index is 626. The average Bonchev–Trinajstić information content (AvgIpc) is 3.03. The number of thioether (sulfide) groups is 1. The van der Waals surface area contributed by atoms with Crippen molar-refractivity contribution in [2.45, 2.75) is 19.8 Å². The molecule has 5 nitrogen and oxygen atoms in total. The molecule has 0 spiro atoms. The normalized spacial score (nSPS) is 18.9. The SMILES string of the molecule is CCCCN1C(=O)SC(=Cc2ccc3c(c2)OCO3)C1=O. The van der Waals surface area contributed by atoms with E-state index in [1.807, 2.05) is 19.1 Å². The van der Waals surface area contributed by atoms with Crippen LogP contribution in [0.1, 0.15) is 25.3 Å². The van der Waals surface area contributed by atoms with E-state index in [0.29, 0.717) is 22.9 Å². The van der Waals surface area contributed by atoms with Gasteiger partial charge >= 0.3 is 0 Å². The fourth-order valence-corrected chi connectivity index (χ4v) is 3.03. The van der Waals surface area contributed by atoms with Crippen LogP contribution < -0.4 is 9.47 Å². The van der Waals surface area contributed by atoms with Gasteiger partial charge in [0.05, 0.1) is 4.91 Å². The number of rotatable bonds is 4. The van der Waals surface area contributed by atoms with Crippen LogP contribution in [0, 0.1) is 0 Å². The van der Waals surface area contributed by atoms with Crippen LogP contribution in [0.5, 0.6) is 11.5 Å². The maximum atomic E-state index is 12.2. The molecular formula is C15H15NO4S. The Kier molecular flexibility index (Phi) is 3.88. The molecule has 1 saturated heterocycles. The van der Waals surface area contributed by atoms with Gasteiger partial charge in [0.1, 0.15) is 0 Å². The van der Waals surface area contributed by atoms with Crippen molar-refractivity contribution < 1.29 is 19.1 Å². The van der Waals surface area contributed by atoms with Crippen LogP contribution in [0.2, 0.25) is 0 Å². The molecule has 6 heteroatoms. The third-order valence-electron chi connectivity index (χ3n) is 3.30. The number of carbonyl (C=O) groups excluding carboxylic acids is 2. The molecule has 2 heterocycles. The van der Waals surface area contributed by atoms with E-state index in [-0.39, 0.29) is 17.9 Å². The summed E-state index contributed by atoms with van der Waals surface area (Å²) in [6.45, 7) is 2.73. The molecule has 1 aromatic rings. The second kappa shape index (κ2) is 5.81. The Morgan fingerprint density at radius 1 is 1.29 bits per heavy atom. The summed E-state index contributed by atoms with van der Waals surface area (Å²) in [5.41, 5.74) is 0.820. The number of fused-ring (bicyclic) bond motifs is 1. The first-order chi connectivity index (χ1) is 10.2. The molecule has 0 saturated carbocycles. The molecule has 0 aliphatic carbocycles. The van der Waals surface area contributed by atoms with Crippen LogP contribution in [0.15, 0.2) is 23.1 Å². The summed E-state index contributed by atoms with van der Waals surface area (Å²) in [6.07, 6.45) is 3.50. The minimum absolute atomic E-state index is 0.194. The molecule has 110 valence electrons. The lowest BCUT2D eigenvalue weighted by molar-refractivity contribution is -0.122. The number of nitrogens with zero attached hydrogens (tertiary/aromatic N) is 1. The molecule has 2 aliphatic heterocycles. The molecule has 0 radical (unpaired) electrons. The molecule has 2 aliphatic rings. The van der Waals surface area contributed by atoms with Gasteiger partial charge in [-0.15, -0.1) is 0 Å². The largest absolute Gasteiger partial charge is 0.454 e. The van der Waals surface area contributed by atoms with Crippen LogP contribution in [0.4, 0.5) is 4.79 Å². The first kappa shape index (κ1) is 14.0. The van der Waals surface area contributed by atoms with E-state index in [9.17, 15) is 9.59 Å². The highest BCUT2D eigenvalue weighted by Gasteiger charge is 2.34. The predicted octanol–water partition coefficient (Wildman–Crippen LogP) is 3.25. The number of unbranched alkanes of at least 4 members (excludes halogenated alkanes) is 1. The van der Waals surface area contributed by atoms with Gasteiger partial charge in [0.2, 0.25) is 6.79 Å². The fraction of sp³-hybridized carbons (Fsp3) is 0.333. The van der Waals surface area contributed by atoms with Crippen molar-refractivity contribution in [3.8, 4) is 11.5 Å². The number of amides is 2. The van der Waals surface area contributed by atoms with Crippen molar-refractivity contribution in [3.63, 3.8) is 0 Å². The molecule has 0 unspecified atom stereocenters. The van der Waals surface area contributed by atoms with Crippen LogP contribution >= 0.6 is 11.8 Å². The quantitative estimate of drug-likeness (QED) is 0.799. The zero-order chi connectivity index (χ0) is 14.8. The van der Waals surface area contributed by atoms with Crippen LogP contribution in [-0.2, 0) is 4.79 Å². The summed E-state index contributed by atoms with van der Waals surface area (Å²) < 4.78 is 10.6. The van der Waals surface area contributed by atoms with Crippen molar-refractivity contribution in [1.82, 2.24) is 4.90 Å². The zero-order valence-electron chi connectivity index (χ0n) is 11.6. The third-order valence-corrected chi connectivity index (χ3v) is 4.21. The monoisotopic (exact) mass is 305 g/mol.